The SMILES string of the molecule is Cc1c(C(=O)Nc2ccc(N3CCCC3)cc2)sc2ncn(Cc3ccccc3)c(=O)c12. The Morgan fingerprint density at radius 3 is 2.50 bits per heavy atom. The van der Waals surface area contributed by atoms with Crippen LogP contribution in [0, 0.1) is 6.92 Å². The lowest BCUT2D eigenvalue weighted by Crippen LogP contribution is -2.21. The lowest BCUT2D eigenvalue weighted by Gasteiger charge is -2.17. The van der Waals surface area contributed by atoms with Gasteiger partial charge in [-0.3, -0.25) is 14.2 Å². The van der Waals surface area contributed by atoms with Crippen LogP contribution in [0.3, 0.4) is 0 Å². The lowest BCUT2D eigenvalue weighted by molar-refractivity contribution is 0.103. The Balaban J connectivity index is 1.39. The highest BCUT2D eigenvalue weighted by Crippen LogP contribution is 2.28. The van der Waals surface area contributed by atoms with Gasteiger partial charge >= 0.3 is 0 Å². The summed E-state index contributed by atoms with van der Waals surface area (Å²) in [6, 6.07) is 17.7. The first-order chi connectivity index (χ1) is 15.6. The van der Waals surface area contributed by atoms with Gasteiger partial charge in [-0.2, -0.15) is 0 Å². The van der Waals surface area contributed by atoms with Crippen molar-refractivity contribution in [2.75, 3.05) is 23.3 Å². The van der Waals surface area contributed by atoms with Gasteiger partial charge in [-0.05, 0) is 55.2 Å². The minimum Gasteiger partial charge on any atom is -0.372 e. The highest BCUT2D eigenvalue weighted by atomic mass is 32.1. The number of hydrogen-bond donors (Lipinski definition) is 1. The van der Waals surface area contributed by atoms with Crippen molar-refractivity contribution in [2.45, 2.75) is 26.3 Å². The number of thiophene rings is 1. The largest absolute Gasteiger partial charge is 0.372 e. The van der Waals surface area contributed by atoms with E-state index in [4.69, 9.17) is 0 Å². The minimum atomic E-state index is -0.214. The number of anilines is 2. The van der Waals surface area contributed by atoms with Crippen LogP contribution < -0.4 is 15.8 Å². The number of carbonyl (C=O) groups excluding carboxylic acids is 1. The van der Waals surface area contributed by atoms with Gasteiger partial charge in [0.15, 0.2) is 0 Å². The molecular weight excluding hydrogens is 420 g/mol. The number of aryl methyl sites for hydroxylation is 1. The number of hydrogen-bond acceptors (Lipinski definition) is 5. The quantitative estimate of drug-likeness (QED) is 0.486. The van der Waals surface area contributed by atoms with Gasteiger partial charge in [-0.1, -0.05) is 30.3 Å². The Hall–Kier alpha value is -3.45. The molecule has 162 valence electrons. The molecule has 0 radical (unpaired) electrons. The predicted molar refractivity (Wildman–Crippen MR) is 130 cm³/mol. The predicted octanol–water partition coefficient (Wildman–Crippen LogP) is 4.67. The van der Waals surface area contributed by atoms with Crippen molar-refractivity contribution in [1.29, 1.82) is 0 Å². The number of amides is 1. The van der Waals surface area contributed by atoms with Gasteiger partial charge in [0.25, 0.3) is 11.5 Å². The number of nitrogens with one attached hydrogen (secondary N) is 1. The van der Waals surface area contributed by atoms with Crippen LogP contribution in [0.1, 0.15) is 33.6 Å². The smallest absolute Gasteiger partial charge is 0.266 e. The summed E-state index contributed by atoms with van der Waals surface area (Å²) < 4.78 is 1.59. The molecule has 2 aromatic carbocycles. The zero-order valence-electron chi connectivity index (χ0n) is 17.9. The Labute approximate surface area is 190 Å². The third-order valence-corrected chi connectivity index (χ3v) is 7.11. The van der Waals surface area contributed by atoms with Crippen molar-refractivity contribution < 1.29 is 4.79 Å². The van der Waals surface area contributed by atoms with Crippen LogP contribution in [0.5, 0.6) is 0 Å². The van der Waals surface area contributed by atoms with Crippen molar-refractivity contribution in [2.24, 2.45) is 0 Å². The molecule has 32 heavy (non-hydrogen) atoms. The molecule has 1 aliphatic heterocycles. The maximum atomic E-state index is 13.1. The van der Waals surface area contributed by atoms with Gasteiger partial charge in [-0.15, -0.1) is 11.3 Å². The van der Waals surface area contributed by atoms with E-state index in [9.17, 15) is 9.59 Å². The third kappa shape index (κ3) is 3.91. The lowest BCUT2D eigenvalue weighted by atomic mass is 10.2. The normalized spacial score (nSPS) is 13.6. The van der Waals surface area contributed by atoms with Crippen LogP contribution in [-0.4, -0.2) is 28.5 Å². The average Bonchev–Trinajstić information content (AvgIpc) is 3.46. The topological polar surface area (TPSA) is 67.2 Å². The molecular formula is C25H24N4O2S. The van der Waals surface area contributed by atoms with E-state index < -0.39 is 0 Å². The molecule has 0 saturated carbocycles. The molecule has 4 aromatic rings. The zero-order valence-corrected chi connectivity index (χ0v) is 18.7. The fourth-order valence-corrected chi connectivity index (χ4v) is 5.22. The van der Waals surface area contributed by atoms with Crippen molar-refractivity contribution >= 4 is 38.8 Å². The van der Waals surface area contributed by atoms with Gasteiger partial charge in [0.1, 0.15) is 4.83 Å². The summed E-state index contributed by atoms with van der Waals surface area (Å²) in [5.41, 5.74) is 3.50. The molecule has 1 aliphatic rings. The van der Waals surface area contributed by atoms with E-state index in [2.05, 4.69) is 15.2 Å². The number of nitrogens with zero attached hydrogens (tertiary/aromatic N) is 3. The van der Waals surface area contributed by atoms with Crippen molar-refractivity contribution in [3.63, 3.8) is 0 Å². The van der Waals surface area contributed by atoms with Crippen LogP contribution in [-0.2, 0) is 6.54 Å². The molecule has 0 atom stereocenters. The highest BCUT2D eigenvalue weighted by Gasteiger charge is 2.20. The first-order valence-corrected chi connectivity index (χ1v) is 11.6. The Bertz CT molecular complexity index is 1320. The maximum Gasteiger partial charge on any atom is 0.266 e. The highest BCUT2D eigenvalue weighted by molar-refractivity contribution is 7.20. The van der Waals surface area contributed by atoms with E-state index in [1.165, 1.54) is 29.9 Å². The summed E-state index contributed by atoms with van der Waals surface area (Å²) in [6.07, 6.45) is 4.02. The van der Waals surface area contributed by atoms with Crippen LogP contribution in [0.25, 0.3) is 10.2 Å². The molecule has 0 unspecified atom stereocenters. The summed E-state index contributed by atoms with van der Waals surface area (Å²) in [7, 11) is 0. The molecule has 1 amide bonds. The fourth-order valence-electron chi connectivity index (χ4n) is 4.19. The van der Waals surface area contributed by atoms with Gasteiger partial charge in [-0.25, -0.2) is 4.98 Å². The first-order valence-electron chi connectivity index (χ1n) is 10.8. The second kappa shape index (κ2) is 8.59. The monoisotopic (exact) mass is 444 g/mol. The summed E-state index contributed by atoms with van der Waals surface area (Å²) in [5.74, 6) is -0.214. The van der Waals surface area contributed by atoms with E-state index in [1.54, 1.807) is 10.9 Å². The van der Waals surface area contributed by atoms with Crippen LogP contribution >= 0.6 is 11.3 Å². The maximum absolute atomic E-state index is 13.1. The van der Waals surface area contributed by atoms with Gasteiger partial charge in [0.2, 0.25) is 0 Å². The summed E-state index contributed by atoms with van der Waals surface area (Å²) in [5, 5.41) is 3.48. The van der Waals surface area contributed by atoms with Crippen LogP contribution in [0.15, 0.2) is 65.7 Å². The van der Waals surface area contributed by atoms with E-state index in [1.807, 2.05) is 61.5 Å². The molecule has 2 aromatic heterocycles. The Morgan fingerprint density at radius 2 is 1.78 bits per heavy atom. The van der Waals surface area contributed by atoms with Gasteiger partial charge in [0.05, 0.1) is 23.1 Å². The van der Waals surface area contributed by atoms with E-state index in [0.29, 0.717) is 27.2 Å². The van der Waals surface area contributed by atoms with Crippen molar-refractivity contribution in [3.8, 4) is 0 Å². The standard InChI is InChI=1S/C25H24N4O2S/c1-17-21-24(26-16-29(25(21)31)15-18-7-3-2-4-8-18)32-22(17)23(30)27-19-9-11-20(12-10-19)28-13-5-6-14-28/h2-4,7-12,16H,5-6,13-15H2,1H3,(H,27,30). The molecule has 1 fully saturated rings. The number of fused-ring (bicyclic) bond motifs is 1. The fraction of sp³-hybridized carbons (Fsp3) is 0.240. The molecule has 3 heterocycles. The van der Waals surface area contributed by atoms with Crippen molar-refractivity contribution in [3.05, 3.63) is 87.3 Å². The van der Waals surface area contributed by atoms with Crippen LogP contribution in [0.4, 0.5) is 11.4 Å². The number of aromatic nitrogens is 2. The van der Waals surface area contributed by atoms with Gasteiger partial charge < -0.3 is 10.2 Å². The molecule has 0 spiro atoms. The van der Waals surface area contributed by atoms with Crippen molar-refractivity contribution in [1.82, 2.24) is 9.55 Å². The van der Waals surface area contributed by atoms with Gasteiger partial charge in [0, 0.05) is 24.5 Å². The molecule has 1 saturated heterocycles. The third-order valence-electron chi connectivity index (χ3n) is 5.92. The second-order valence-electron chi connectivity index (χ2n) is 8.09. The Kier molecular flexibility index (Phi) is 5.49. The van der Waals surface area contributed by atoms with E-state index in [0.717, 1.165) is 24.3 Å². The minimum absolute atomic E-state index is 0.124. The molecule has 6 nitrogen and oxygen atoms in total. The number of benzene rings is 2. The molecule has 0 bridgehead atoms. The molecule has 1 N–H and O–H groups in total. The average molecular weight is 445 g/mol. The zero-order chi connectivity index (χ0) is 22.1. The molecule has 7 heteroatoms. The van der Waals surface area contributed by atoms with E-state index in [-0.39, 0.29) is 11.5 Å². The summed E-state index contributed by atoms with van der Waals surface area (Å²) >= 11 is 1.26. The van der Waals surface area contributed by atoms with E-state index >= 15 is 0 Å². The Morgan fingerprint density at radius 1 is 1.06 bits per heavy atom. The number of carbonyl (C=O) groups is 1. The second-order valence-corrected chi connectivity index (χ2v) is 9.09. The first kappa shape index (κ1) is 20.5. The molecule has 0 aliphatic carbocycles. The van der Waals surface area contributed by atoms with Crippen LogP contribution in [0.2, 0.25) is 0 Å². The summed E-state index contributed by atoms with van der Waals surface area (Å²) in [4.78, 5) is 34.0. The number of rotatable bonds is 5. The summed E-state index contributed by atoms with van der Waals surface area (Å²) in [6.45, 7) is 4.44. The molecule has 5 rings (SSSR count).